The maximum Gasteiger partial charge on any atom is 1.00 e. The molecule has 0 fully saturated rings. The molecule has 1 aromatic carbocycles. The second-order valence-electron chi connectivity index (χ2n) is 7.44. The minimum atomic E-state index is -4.19. The van der Waals surface area contributed by atoms with E-state index in [2.05, 4.69) is 12.2 Å². The molecule has 0 aromatic heterocycles. The maximum atomic E-state index is 12.0. The van der Waals surface area contributed by atoms with Crippen LogP contribution in [0.1, 0.15) is 65.7 Å². The predicted molar refractivity (Wildman–Crippen MR) is 109 cm³/mol. The molecule has 0 heterocycles. The number of unbranched alkanes of at least 4 members (excludes halogenated alkanes) is 4. The minimum absolute atomic E-state index is 0. The summed E-state index contributed by atoms with van der Waals surface area (Å²) in [6.07, 6.45) is 6.04. The Hall–Kier alpha value is -0.800. The Morgan fingerprint density at radius 1 is 1.07 bits per heavy atom. The van der Waals surface area contributed by atoms with Crippen molar-refractivity contribution in [2.45, 2.75) is 71.3 Å². The van der Waals surface area contributed by atoms with Gasteiger partial charge in [-0.25, -0.2) is 13.2 Å². The van der Waals surface area contributed by atoms with E-state index in [9.17, 15) is 17.8 Å². The monoisotopic (exact) mass is 437 g/mol. The van der Waals surface area contributed by atoms with Crippen molar-refractivity contribution in [2.75, 3.05) is 17.6 Å². The van der Waals surface area contributed by atoms with Crippen molar-refractivity contribution in [2.24, 2.45) is 0 Å². The van der Waals surface area contributed by atoms with E-state index >= 15 is 0 Å². The summed E-state index contributed by atoms with van der Waals surface area (Å²) < 4.78 is 42.3. The van der Waals surface area contributed by atoms with E-state index in [1.807, 2.05) is 13.8 Å². The minimum Gasteiger partial charge on any atom is -0.748 e. The summed E-state index contributed by atoms with van der Waals surface area (Å²) in [4.78, 5) is 12.0. The Bertz CT molecular complexity index is 691. The van der Waals surface area contributed by atoms with Gasteiger partial charge in [-0.1, -0.05) is 32.6 Å². The molecule has 7 nitrogen and oxygen atoms in total. The number of carbonyl (C=O) groups excluding carboxylic acids is 1. The third-order valence-corrected chi connectivity index (χ3v) is 4.99. The molecular formula is C20H32NNaO6S. The Morgan fingerprint density at radius 2 is 1.69 bits per heavy atom. The van der Waals surface area contributed by atoms with Gasteiger partial charge in [-0.15, -0.1) is 0 Å². The molecule has 1 aromatic rings. The third-order valence-electron chi connectivity index (χ3n) is 4.20. The first-order valence-electron chi connectivity index (χ1n) is 9.79. The van der Waals surface area contributed by atoms with E-state index in [1.165, 1.54) is 19.3 Å². The van der Waals surface area contributed by atoms with Gasteiger partial charge in [-0.2, -0.15) is 0 Å². The standard InChI is InChI=1S/C20H33NO6S.Na/c1-4-5-6-7-8-14-20(2,3)27-19(22)26-18-12-10-17(11-13-18)21-15-9-16-28(23,24)25;/h10-13,21H,4-9,14-16H2,1-3H3,(H,23,24,25);/q;+1/p-1. The SMILES string of the molecule is CCCCCCCC(C)(C)OC(=O)Oc1ccc(NCCCS(=O)(=O)[O-])cc1.[Na+]. The van der Waals surface area contributed by atoms with Gasteiger partial charge in [-0.3, -0.25) is 0 Å². The number of ether oxygens (including phenoxy) is 2. The summed E-state index contributed by atoms with van der Waals surface area (Å²) in [5, 5.41) is 3.00. The van der Waals surface area contributed by atoms with Crippen LogP contribution in [0.4, 0.5) is 10.5 Å². The molecular weight excluding hydrogens is 405 g/mol. The van der Waals surface area contributed by atoms with Crippen LogP contribution in [-0.2, 0) is 14.9 Å². The molecule has 0 saturated heterocycles. The van der Waals surface area contributed by atoms with Gasteiger partial charge in [0.15, 0.2) is 0 Å². The van der Waals surface area contributed by atoms with Crippen LogP contribution < -0.4 is 39.6 Å². The van der Waals surface area contributed by atoms with Crippen LogP contribution in [0, 0.1) is 0 Å². The van der Waals surface area contributed by atoms with Gasteiger partial charge < -0.3 is 19.3 Å². The molecule has 1 rings (SSSR count). The summed E-state index contributed by atoms with van der Waals surface area (Å²) in [5.41, 5.74) is 0.156. The summed E-state index contributed by atoms with van der Waals surface area (Å²) in [6.45, 7) is 6.29. The third kappa shape index (κ3) is 14.8. The molecule has 160 valence electrons. The molecule has 0 aliphatic carbocycles. The van der Waals surface area contributed by atoms with E-state index in [1.54, 1.807) is 24.3 Å². The average Bonchev–Trinajstić information content (AvgIpc) is 2.58. The number of rotatable bonds is 13. The van der Waals surface area contributed by atoms with Gasteiger partial charge in [0.05, 0.1) is 10.1 Å². The number of hydrogen-bond acceptors (Lipinski definition) is 7. The number of benzene rings is 1. The fourth-order valence-corrected chi connectivity index (χ4v) is 3.17. The zero-order chi connectivity index (χ0) is 21.0. The van der Waals surface area contributed by atoms with Crippen molar-refractivity contribution < 1.29 is 56.8 Å². The van der Waals surface area contributed by atoms with Gasteiger partial charge in [0.25, 0.3) is 0 Å². The van der Waals surface area contributed by atoms with Crippen LogP contribution in [0.5, 0.6) is 5.75 Å². The van der Waals surface area contributed by atoms with Crippen LogP contribution in [0.2, 0.25) is 0 Å². The Kier molecular flexibility index (Phi) is 13.9. The summed E-state index contributed by atoms with van der Waals surface area (Å²) in [6, 6.07) is 6.64. The van der Waals surface area contributed by atoms with E-state index in [4.69, 9.17) is 9.47 Å². The molecule has 1 N–H and O–H groups in total. The van der Waals surface area contributed by atoms with Crippen molar-refractivity contribution in [3.05, 3.63) is 24.3 Å². The first-order valence-corrected chi connectivity index (χ1v) is 11.4. The zero-order valence-corrected chi connectivity index (χ0v) is 20.8. The first-order chi connectivity index (χ1) is 13.1. The second kappa shape index (κ2) is 14.2. The summed E-state index contributed by atoms with van der Waals surface area (Å²) in [7, 11) is -4.19. The number of anilines is 1. The van der Waals surface area contributed by atoms with Crippen molar-refractivity contribution in [1.82, 2.24) is 0 Å². The normalized spacial score (nSPS) is 11.4. The van der Waals surface area contributed by atoms with E-state index in [0.29, 0.717) is 12.3 Å². The number of hydrogen-bond donors (Lipinski definition) is 1. The van der Waals surface area contributed by atoms with Crippen molar-refractivity contribution in [3.63, 3.8) is 0 Å². The smallest absolute Gasteiger partial charge is 0.748 e. The largest absolute Gasteiger partial charge is 1.00 e. The van der Waals surface area contributed by atoms with E-state index < -0.39 is 27.6 Å². The Morgan fingerprint density at radius 3 is 2.28 bits per heavy atom. The van der Waals surface area contributed by atoms with Crippen LogP contribution in [0.25, 0.3) is 0 Å². The number of nitrogens with one attached hydrogen (secondary N) is 1. The fourth-order valence-electron chi connectivity index (χ4n) is 2.67. The van der Waals surface area contributed by atoms with Crippen LogP contribution in [0.3, 0.4) is 0 Å². The van der Waals surface area contributed by atoms with Gasteiger partial charge in [0, 0.05) is 18.0 Å². The van der Waals surface area contributed by atoms with Gasteiger partial charge in [0.2, 0.25) is 0 Å². The second-order valence-corrected chi connectivity index (χ2v) is 8.97. The van der Waals surface area contributed by atoms with E-state index in [-0.39, 0.29) is 36.0 Å². The van der Waals surface area contributed by atoms with Gasteiger partial charge >= 0.3 is 35.7 Å². The number of carbonyl (C=O) groups is 1. The molecule has 0 radical (unpaired) electrons. The Balaban J connectivity index is 0.00000784. The molecule has 0 spiro atoms. The molecule has 0 aliphatic rings. The summed E-state index contributed by atoms with van der Waals surface area (Å²) >= 11 is 0. The molecule has 29 heavy (non-hydrogen) atoms. The molecule has 0 saturated carbocycles. The quantitative estimate of drug-likeness (QED) is 0.165. The van der Waals surface area contributed by atoms with Crippen molar-refractivity contribution in [1.29, 1.82) is 0 Å². The van der Waals surface area contributed by atoms with Gasteiger partial charge in [-0.05, 0) is 57.4 Å². The average molecular weight is 438 g/mol. The molecule has 9 heteroatoms. The Labute approximate surface area is 197 Å². The van der Waals surface area contributed by atoms with E-state index in [0.717, 1.165) is 24.9 Å². The zero-order valence-electron chi connectivity index (χ0n) is 18.0. The van der Waals surface area contributed by atoms with Gasteiger partial charge in [0.1, 0.15) is 11.4 Å². The van der Waals surface area contributed by atoms with Crippen molar-refractivity contribution >= 4 is 22.0 Å². The van der Waals surface area contributed by atoms with Crippen molar-refractivity contribution in [3.8, 4) is 5.75 Å². The predicted octanol–water partition coefficient (Wildman–Crippen LogP) is 1.69. The molecule has 0 bridgehead atoms. The van der Waals surface area contributed by atoms with Crippen LogP contribution >= 0.6 is 0 Å². The topological polar surface area (TPSA) is 105 Å². The molecule has 0 unspecified atom stereocenters. The summed E-state index contributed by atoms with van der Waals surface area (Å²) in [5.74, 6) is -0.0436. The van der Waals surface area contributed by atoms with Crippen LogP contribution in [0.15, 0.2) is 24.3 Å². The van der Waals surface area contributed by atoms with Crippen LogP contribution in [-0.4, -0.2) is 37.0 Å². The molecule has 0 amide bonds. The first kappa shape index (κ1) is 28.2. The molecule has 0 aliphatic heterocycles. The maximum absolute atomic E-state index is 12.0. The molecule has 0 atom stereocenters. The fraction of sp³-hybridized carbons (Fsp3) is 0.650.